The number of nitrogens with one attached hydrogen (secondary N) is 6. The normalized spacial score (nSPS) is 11.8. The molecule has 0 heterocycles. The minimum absolute atomic E-state index is 0.00778. The highest BCUT2D eigenvalue weighted by Gasteiger charge is 2.33. The molecule has 0 saturated heterocycles. The van der Waals surface area contributed by atoms with E-state index < -0.39 is 58.2 Å². The molecular formula is C40H74N6O14. The summed E-state index contributed by atoms with van der Waals surface area (Å²) in [5.41, 5.74) is -3.24. The Balaban J connectivity index is 5.60. The van der Waals surface area contributed by atoms with Crippen LogP contribution in [0.2, 0.25) is 0 Å². The van der Waals surface area contributed by atoms with E-state index in [9.17, 15) is 28.8 Å². The van der Waals surface area contributed by atoms with E-state index in [0.29, 0.717) is 46.2 Å². The van der Waals surface area contributed by atoms with E-state index in [1.54, 1.807) is 68.4 Å². The van der Waals surface area contributed by atoms with E-state index in [-0.39, 0.29) is 78.4 Å². The highest BCUT2D eigenvalue weighted by atomic mass is 16.6. The van der Waals surface area contributed by atoms with Gasteiger partial charge in [-0.05, 0) is 62.3 Å². The fraction of sp³-hybridized carbons (Fsp3) is 0.800. The third-order valence-corrected chi connectivity index (χ3v) is 7.17. The Kier molecular flexibility index (Phi) is 28.6. The second-order valence-corrected chi connectivity index (χ2v) is 16.6. The molecule has 0 fully saturated rings. The Hall–Kier alpha value is -4.24. The summed E-state index contributed by atoms with van der Waals surface area (Å²) in [7, 11) is 0. The van der Waals surface area contributed by atoms with Crippen molar-refractivity contribution in [3.8, 4) is 0 Å². The van der Waals surface area contributed by atoms with Crippen LogP contribution in [0, 0.1) is 5.41 Å². The van der Waals surface area contributed by atoms with E-state index in [1.165, 1.54) is 0 Å². The SMILES string of the molecule is C=CCOCCOCCOCCOCCOCC(CNC(=O)CCNC(=O)OC(C)(C)C)(CNC(=O)CCNC(=O)OC(C)(C)C)CNC(=O)CCNC(=O)OC(C)(C)C. The Morgan fingerprint density at radius 3 is 1.00 bits per heavy atom. The summed E-state index contributed by atoms with van der Waals surface area (Å²) in [6, 6.07) is 0. The van der Waals surface area contributed by atoms with Crippen molar-refractivity contribution in [3.63, 3.8) is 0 Å². The first kappa shape index (κ1) is 55.8. The van der Waals surface area contributed by atoms with Crippen LogP contribution >= 0.6 is 0 Å². The molecule has 0 saturated carbocycles. The van der Waals surface area contributed by atoms with Crippen LogP contribution in [-0.2, 0) is 52.3 Å². The van der Waals surface area contributed by atoms with Crippen molar-refractivity contribution in [1.29, 1.82) is 0 Å². The third kappa shape index (κ3) is 35.7. The van der Waals surface area contributed by atoms with Crippen LogP contribution in [0.4, 0.5) is 14.4 Å². The molecule has 0 bridgehead atoms. The van der Waals surface area contributed by atoms with Crippen LogP contribution in [0.15, 0.2) is 12.7 Å². The van der Waals surface area contributed by atoms with Crippen molar-refractivity contribution >= 4 is 36.0 Å². The average Bonchev–Trinajstić information content (AvgIpc) is 3.11. The van der Waals surface area contributed by atoms with Crippen LogP contribution in [0.3, 0.4) is 0 Å². The zero-order chi connectivity index (χ0) is 45.5. The minimum Gasteiger partial charge on any atom is -0.444 e. The molecular weight excluding hydrogens is 788 g/mol. The molecule has 0 rings (SSSR count). The van der Waals surface area contributed by atoms with Crippen molar-refractivity contribution in [2.24, 2.45) is 5.41 Å². The number of hydrogen-bond donors (Lipinski definition) is 6. The number of alkyl carbamates (subject to hydrolysis) is 3. The summed E-state index contributed by atoms with van der Waals surface area (Å²) in [5.74, 6) is -1.28. The predicted molar refractivity (Wildman–Crippen MR) is 222 cm³/mol. The van der Waals surface area contributed by atoms with Gasteiger partial charge in [0.15, 0.2) is 0 Å². The van der Waals surface area contributed by atoms with Crippen LogP contribution < -0.4 is 31.9 Å². The van der Waals surface area contributed by atoms with Gasteiger partial charge in [0.25, 0.3) is 0 Å². The van der Waals surface area contributed by atoms with Gasteiger partial charge in [-0.2, -0.15) is 0 Å². The van der Waals surface area contributed by atoms with Crippen LogP contribution in [0.25, 0.3) is 0 Å². The molecule has 0 spiro atoms. The lowest BCUT2D eigenvalue weighted by Gasteiger charge is -2.34. The lowest BCUT2D eigenvalue weighted by atomic mass is 9.88. The fourth-order valence-electron chi connectivity index (χ4n) is 4.47. The van der Waals surface area contributed by atoms with Crippen molar-refractivity contribution in [2.45, 2.75) is 98.4 Å². The Bertz CT molecular complexity index is 1160. The molecule has 20 heteroatoms. The van der Waals surface area contributed by atoms with E-state index >= 15 is 0 Å². The molecule has 6 amide bonds. The van der Waals surface area contributed by atoms with Gasteiger partial charge < -0.3 is 69.8 Å². The first-order valence-electron chi connectivity index (χ1n) is 20.2. The number of hydrogen-bond acceptors (Lipinski definition) is 14. The number of carbonyl (C=O) groups is 6. The Morgan fingerprint density at radius 1 is 0.433 bits per heavy atom. The molecule has 0 aliphatic rings. The van der Waals surface area contributed by atoms with Gasteiger partial charge in [0, 0.05) is 63.9 Å². The maximum atomic E-state index is 13.0. The molecule has 0 atom stereocenters. The van der Waals surface area contributed by atoms with Gasteiger partial charge in [0.1, 0.15) is 16.8 Å². The number of carbonyl (C=O) groups excluding carboxylic acids is 6. The molecule has 0 aliphatic carbocycles. The van der Waals surface area contributed by atoms with E-state index in [4.69, 9.17) is 37.9 Å². The van der Waals surface area contributed by atoms with Gasteiger partial charge in [-0.25, -0.2) is 14.4 Å². The highest BCUT2D eigenvalue weighted by Crippen LogP contribution is 2.17. The Labute approximate surface area is 355 Å². The fourth-order valence-corrected chi connectivity index (χ4v) is 4.47. The number of ether oxygens (including phenoxy) is 8. The first-order chi connectivity index (χ1) is 28.0. The molecule has 20 nitrogen and oxygen atoms in total. The zero-order valence-electron chi connectivity index (χ0n) is 37.4. The molecule has 6 N–H and O–H groups in total. The van der Waals surface area contributed by atoms with Crippen molar-refractivity contribution in [2.75, 3.05) is 105 Å². The summed E-state index contributed by atoms with van der Waals surface area (Å²) in [6.07, 6.45) is -0.618. The molecule has 348 valence electrons. The molecule has 0 aliphatic heterocycles. The summed E-state index contributed by atoms with van der Waals surface area (Å²) >= 11 is 0. The van der Waals surface area contributed by atoms with E-state index in [0.717, 1.165) is 0 Å². The van der Waals surface area contributed by atoms with Gasteiger partial charge in [-0.15, -0.1) is 6.58 Å². The molecule has 0 aromatic rings. The van der Waals surface area contributed by atoms with Crippen LogP contribution in [-0.4, -0.2) is 158 Å². The summed E-state index contributed by atoms with van der Waals surface area (Å²) in [5, 5.41) is 16.1. The van der Waals surface area contributed by atoms with Crippen molar-refractivity contribution < 1.29 is 66.7 Å². The summed E-state index contributed by atoms with van der Waals surface area (Å²) in [4.78, 5) is 75.2. The molecule has 0 unspecified atom stereocenters. The van der Waals surface area contributed by atoms with Crippen LogP contribution in [0.1, 0.15) is 81.6 Å². The quantitative estimate of drug-likeness (QED) is 0.0333. The molecule has 0 aromatic carbocycles. The van der Waals surface area contributed by atoms with Gasteiger partial charge in [0.05, 0.1) is 66.1 Å². The standard InChI is InChI=1S/C40H74N6O14/c1-11-18-53-19-20-54-21-22-55-23-24-56-25-26-57-30-40(27-44-31(47)12-15-41-34(50)58-37(2,3)4,28-45-32(48)13-16-42-35(51)59-38(5,6)7)29-46-33(49)14-17-43-36(52)60-39(8,9)10/h11H,1,12-30H2,2-10H3,(H,41,50)(H,42,51)(H,43,52)(H,44,47)(H,45,48)(H,46,49). The van der Waals surface area contributed by atoms with Crippen molar-refractivity contribution in [3.05, 3.63) is 12.7 Å². The minimum atomic E-state index is -1.10. The van der Waals surface area contributed by atoms with Gasteiger partial charge in [-0.3, -0.25) is 14.4 Å². The Morgan fingerprint density at radius 2 is 0.717 bits per heavy atom. The number of rotatable bonds is 31. The smallest absolute Gasteiger partial charge is 0.407 e. The molecule has 60 heavy (non-hydrogen) atoms. The van der Waals surface area contributed by atoms with Crippen LogP contribution in [0.5, 0.6) is 0 Å². The first-order valence-corrected chi connectivity index (χ1v) is 20.2. The maximum Gasteiger partial charge on any atom is 0.407 e. The van der Waals surface area contributed by atoms with Gasteiger partial charge in [-0.1, -0.05) is 6.08 Å². The summed E-state index contributed by atoms with van der Waals surface area (Å²) in [6.45, 7) is 21.9. The van der Waals surface area contributed by atoms with E-state index in [1.807, 2.05) is 0 Å². The topological polar surface area (TPSA) is 248 Å². The summed E-state index contributed by atoms with van der Waals surface area (Å²) < 4.78 is 43.5. The third-order valence-electron chi connectivity index (χ3n) is 7.17. The van der Waals surface area contributed by atoms with E-state index in [2.05, 4.69) is 38.5 Å². The maximum absolute atomic E-state index is 13.0. The lowest BCUT2D eigenvalue weighted by molar-refractivity contribution is -0.122. The lowest BCUT2D eigenvalue weighted by Crippen LogP contribution is -2.54. The van der Waals surface area contributed by atoms with Gasteiger partial charge in [0.2, 0.25) is 17.7 Å². The molecule has 0 radical (unpaired) electrons. The van der Waals surface area contributed by atoms with Gasteiger partial charge >= 0.3 is 18.3 Å². The predicted octanol–water partition coefficient (Wildman–Crippen LogP) is 2.33. The second-order valence-electron chi connectivity index (χ2n) is 16.6. The highest BCUT2D eigenvalue weighted by molar-refractivity contribution is 5.79. The zero-order valence-corrected chi connectivity index (χ0v) is 37.4. The molecule has 0 aromatic heterocycles. The second kappa shape index (κ2) is 30.7. The number of amides is 6. The monoisotopic (exact) mass is 863 g/mol. The average molecular weight is 863 g/mol. The largest absolute Gasteiger partial charge is 0.444 e. The van der Waals surface area contributed by atoms with Crippen molar-refractivity contribution in [1.82, 2.24) is 31.9 Å².